The molecule has 0 aliphatic rings. The molecule has 0 heterocycles. The summed E-state index contributed by atoms with van der Waals surface area (Å²) in [7, 11) is 9.05. The molecule has 0 radical (unpaired) electrons. The monoisotopic (exact) mass is 891 g/mol. The van der Waals surface area contributed by atoms with Gasteiger partial charge in [-0.3, -0.25) is 10.6 Å². The molecule has 0 saturated heterocycles. The highest BCUT2D eigenvalue weighted by Gasteiger charge is 2.16. The lowest BCUT2D eigenvalue weighted by Gasteiger charge is -2.29. The van der Waals surface area contributed by atoms with Crippen molar-refractivity contribution in [3.05, 3.63) is 23.8 Å². The molecule has 0 aliphatic carbocycles. The van der Waals surface area contributed by atoms with Gasteiger partial charge in [-0.2, -0.15) is 0 Å². The van der Waals surface area contributed by atoms with Gasteiger partial charge in [-0.1, -0.05) is 174 Å². The molecule has 0 fully saturated rings. The number of carbonyl (C=O) groups is 2. The Balaban J connectivity index is 2.07. The summed E-state index contributed by atoms with van der Waals surface area (Å²) in [6.07, 6.45) is 37.5. The normalized spacial score (nSPS) is 11.9. The largest absolute Gasteiger partial charge is 0.447 e. The summed E-state index contributed by atoms with van der Waals surface area (Å²) in [6.45, 7) is 12.9. The fourth-order valence-electron chi connectivity index (χ4n) is 8.04. The molecule has 10 nitrogen and oxygen atoms in total. The van der Waals surface area contributed by atoms with Crippen molar-refractivity contribution < 1.29 is 37.5 Å². The SMILES string of the molecule is CCCCCCCCCCCCCCCC[N+](C)(C)CCOCCOC(=O)Nc1ccc(C)c(NC(=O)OCCOCC[N+](C)(C)CCCCCCCCCCCCCCCC)c1. The first kappa shape index (κ1) is 58.6. The summed E-state index contributed by atoms with van der Waals surface area (Å²) < 4.78 is 24.2. The van der Waals surface area contributed by atoms with Crippen molar-refractivity contribution in [2.45, 2.75) is 201 Å². The average Bonchev–Trinajstić information content (AvgIpc) is 3.24. The Morgan fingerprint density at radius 1 is 0.429 bits per heavy atom. The molecule has 0 aromatic heterocycles. The van der Waals surface area contributed by atoms with E-state index in [4.69, 9.17) is 18.9 Å². The molecule has 1 rings (SSSR count). The van der Waals surface area contributed by atoms with Crippen LogP contribution >= 0.6 is 0 Å². The number of carbonyl (C=O) groups excluding carboxylic acids is 2. The van der Waals surface area contributed by atoms with Gasteiger partial charge in [0.05, 0.1) is 67.7 Å². The van der Waals surface area contributed by atoms with E-state index in [1.807, 2.05) is 13.0 Å². The molecule has 0 saturated carbocycles. The third kappa shape index (κ3) is 37.5. The van der Waals surface area contributed by atoms with E-state index in [2.05, 4.69) is 52.7 Å². The summed E-state index contributed by atoms with van der Waals surface area (Å²) >= 11 is 0. The van der Waals surface area contributed by atoms with Crippen LogP contribution in [0.15, 0.2) is 18.2 Å². The van der Waals surface area contributed by atoms with Crippen LogP contribution in [0.1, 0.15) is 199 Å². The van der Waals surface area contributed by atoms with E-state index in [9.17, 15) is 9.59 Å². The van der Waals surface area contributed by atoms with Crippen molar-refractivity contribution in [2.75, 3.05) is 105 Å². The lowest BCUT2D eigenvalue weighted by molar-refractivity contribution is -0.891. The first-order valence-electron chi connectivity index (χ1n) is 26.3. The molecular formula is C53H102N4O6+2. The number of quaternary nitrogens is 2. The summed E-state index contributed by atoms with van der Waals surface area (Å²) in [5.74, 6) is 0. The maximum absolute atomic E-state index is 12.5. The molecular weight excluding hydrogens is 789 g/mol. The van der Waals surface area contributed by atoms with E-state index in [1.165, 1.54) is 180 Å². The van der Waals surface area contributed by atoms with Crippen LogP contribution in [0.5, 0.6) is 0 Å². The topological polar surface area (TPSA) is 95.1 Å². The number of likely N-dealkylation sites (N-methyl/N-ethyl adjacent to an activating group) is 2. The number of hydrogen-bond donors (Lipinski definition) is 2. The number of aryl methyl sites for hydroxylation is 1. The third-order valence-electron chi connectivity index (χ3n) is 12.6. The van der Waals surface area contributed by atoms with E-state index in [-0.39, 0.29) is 13.2 Å². The van der Waals surface area contributed by atoms with Crippen molar-refractivity contribution in [1.82, 2.24) is 0 Å². The van der Waals surface area contributed by atoms with Gasteiger partial charge in [0.25, 0.3) is 0 Å². The van der Waals surface area contributed by atoms with Crippen molar-refractivity contribution in [3.63, 3.8) is 0 Å². The Kier molecular flexibility index (Phi) is 37.1. The lowest BCUT2D eigenvalue weighted by atomic mass is 10.0. The van der Waals surface area contributed by atoms with Gasteiger partial charge in [-0.25, -0.2) is 9.59 Å². The molecule has 2 N–H and O–H groups in total. The number of nitrogens with zero attached hydrogens (tertiary/aromatic N) is 2. The van der Waals surface area contributed by atoms with E-state index < -0.39 is 12.2 Å². The summed E-state index contributed by atoms with van der Waals surface area (Å²) in [5.41, 5.74) is 1.92. The van der Waals surface area contributed by atoms with Crippen LogP contribution in [-0.2, 0) is 18.9 Å². The van der Waals surface area contributed by atoms with Crippen LogP contribution in [0.3, 0.4) is 0 Å². The fraction of sp³-hybridized carbons (Fsp3) is 0.849. The van der Waals surface area contributed by atoms with Crippen LogP contribution < -0.4 is 10.6 Å². The number of nitrogens with one attached hydrogen (secondary N) is 2. The van der Waals surface area contributed by atoms with Crippen molar-refractivity contribution in [2.24, 2.45) is 0 Å². The van der Waals surface area contributed by atoms with Gasteiger partial charge >= 0.3 is 12.2 Å². The van der Waals surface area contributed by atoms with Gasteiger partial charge in [0, 0.05) is 11.4 Å². The van der Waals surface area contributed by atoms with E-state index >= 15 is 0 Å². The quantitative estimate of drug-likeness (QED) is 0.0501. The number of anilines is 2. The minimum Gasteiger partial charge on any atom is -0.447 e. The van der Waals surface area contributed by atoms with E-state index in [1.54, 1.807) is 12.1 Å². The Bertz CT molecular complexity index is 1230. The second kappa shape index (κ2) is 39.9. The molecule has 0 aliphatic heterocycles. The Labute approximate surface area is 388 Å². The predicted octanol–water partition coefficient (Wildman–Crippen LogP) is 14.2. The Morgan fingerprint density at radius 3 is 1.13 bits per heavy atom. The van der Waals surface area contributed by atoms with Gasteiger partial charge in [-0.05, 0) is 50.3 Å². The van der Waals surface area contributed by atoms with Crippen molar-refractivity contribution in [1.29, 1.82) is 0 Å². The Hall–Kier alpha value is -2.40. The molecule has 2 amide bonds. The van der Waals surface area contributed by atoms with Crippen molar-refractivity contribution in [3.8, 4) is 0 Å². The number of hydrogen-bond acceptors (Lipinski definition) is 6. The molecule has 0 atom stereocenters. The number of ether oxygens (including phenoxy) is 4. The lowest BCUT2D eigenvalue weighted by Crippen LogP contribution is -2.43. The zero-order valence-electron chi connectivity index (χ0n) is 42.4. The van der Waals surface area contributed by atoms with Crippen LogP contribution in [-0.4, -0.2) is 115 Å². The van der Waals surface area contributed by atoms with Gasteiger partial charge < -0.3 is 27.9 Å². The fourth-order valence-corrected chi connectivity index (χ4v) is 8.04. The smallest absolute Gasteiger partial charge is 0.411 e. The zero-order chi connectivity index (χ0) is 46.1. The second-order valence-corrected chi connectivity index (χ2v) is 19.7. The maximum Gasteiger partial charge on any atom is 0.411 e. The van der Waals surface area contributed by atoms with Crippen LogP contribution in [0.4, 0.5) is 21.0 Å². The summed E-state index contributed by atoms with van der Waals surface area (Å²) in [4.78, 5) is 25.0. The molecule has 0 bridgehead atoms. The summed E-state index contributed by atoms with van der Waals surface area (Å²) in [5, 5.41) is 5.52. The second-order valence-electron chi connectivity index (χ2n) is 19.7. The standard InChI is InChI=1S/C53H100N4O6/c1-8-10-12-14-16-18-20-22-24-26-28-30-32-34-38-56(4,5)40-42-60-44-46-62-52(58)54-50-37-36-49(3)51(48-50)55-53(59)63-47-45-61-43-41-57(6,7)39-35-33-31-29-27-25-23-21-19-17-15-13-11-9-2/h36-37,48H,8-35,38-47H2,1-7H3/p+2. The highest BCUT2D eigenvalue weighted by molar-refractivity contribution is 5.89. The highest BCUT2D eigenvalue weighted by Crippen LogP contribution is 2.21. The van der Waals surface area contributed by atoms with Crippen LogP contribution in [0.25, 0.3) is 0 Å². The molecule has 0 spiro atoms. The number of rotatable bonds is 44. The van der Waals surface area contributed by atoms with E-state index in [0.717, 1.165) is 40.7 Å². The minimum atomic E-state index is -0.566. The molecule has 0 unspecified atom stereocenters. The zero-order valence-corrected chi connectivity index (χ0v) is 42.4. The van der Waals surface area contributed by atoms with Crippen LogP contribution in [0.2, 0.25) is 0 Å². The predicted molar refractivity (Wildman–Crippen MR) is 267 cm³/mol. The molecule has 63 heavy (non-hydrogen) atoms. The maximum atomic E-state index is 12.5. The van der Waals surface area contributed by atoms with E-state index in [0.29, 0.717) is 37.8 Å². The first-order valence-corrected chi connectivity index (χ1v) is 26.3. The number of benzene rings is 1. The molecule has 1 aromatic carbocycles. The van der Waals surface area contributed by atoms with Crippen molar-refractivity contribution >= 4 is 23.6 Å². The molecule has 1 aromatic rings. The first-order chi connectivity index (χ1) is 30.5. The molecule has 368 valence electrons. The third-order valence-corrected chi connectivity index (χ3v) is 12.6. The molecule has 10 heteroatoms. The van der Waals surface area contributed by atoms with Gasteiger partial charge in [-0.15, -0.1) is 0 Å². The van der Waals surface area contributed by atoms with Gasteiger partial charge in [0.15, 0.2) is 0 Å². The minimum absolute atomic E-state index is 0.166. The number of amides is 2. The highest BCUT2D eigenvalue weighted by atomic mass is 16.6. The number of unbranched alkanes of at least 4 members (excludes halogenated alkanes) is 26. The summed E-state index contributed by atoms with van der Waals surface area (Å²) in [6, 6.07) is 5.30. The van der Waals surface area contributed by atoms with Crippen LogP contribution in [0, 0.1) is 6.92 Å². The Morgan fingerprint density at radius 2 is 0.762 bits per heavy atom. The average molecular weight is 891 g/mol. The van der Waals surface area contributed by atoms with Gasteiger partial charge in [0.1, 0.15) is 26.3 Å². The van der Waals surface area contributed by atoms with Gasteiger partial charge in [0.2, 0.25) is 0 Å².